The second-order valence-corrected chi connectivity index (χ2v) is 0. The summed E-state index contributed by atoms with van der Waals surface area (Å²) in [4.78, 5) is 0. The van der Waals surface area contributed by atoms with Gasteiger partial charge in [-0.2, -0.15) is 0 Å². The van der Waals surface area contributed by atoms with Crippen LogP contribution in [0, 0.1) is 0 Å². The second-order valence-electron chi connectivity index (χ2n) is 0. The first-order valence-corrected chi connectivity index (χ1v) is 0. The fourth-order valence-corrected chi connectivity index (χ4v) is 0. The van der Waals surface area contributed by atoms with Gasteiger partial charge < -0.3 is 0 Å². The molecule has 0 atom stereocenters. The number of hydrogen-bond acceptors (Lipinski definition) is 0. The van der Waals surface area contributed by atoms with Gasteiger partial charge in [-0.1, -0.05) is 0 Å². The van der Waals surface area contributed by atoms with Crippen molar-refractivity contribution in [1.82, 2.24) is 0 Å². The van der Waals surface area contributed by atoms with Gasteiger partial charge in [0.15, 0.2) is 0 Å². The Morgan fingerprint density at radius 2 is 1.00 bits per heavy atom. The normalized spacial score (nSPS) is 0. The molecule has 3 radical (unpaired) electrons. The van der Waals surface area contributed by atoms with E-state index in [1.807, 2.05) is 0 Å². The van der Waals surface area contributed by atoms with Crippen LogP contribution < -0.4 is 0 Å². The van der Waals surface area contributed by atoms with E-state index in [1.165, 1.54) is 0 Å². The molecular formula is H7AgBiCaPb. The van der Waals surface area contributed by atoms with Crippen LogP contribution in [0.1, 0.15) is 0 Å². The van der Waals surface area contributed by atoms with Crippen LogP contribution in [0.5, 0.6) is 0 Å². The van der Waals surface area contributed by atoms with Gasteiger partial charge in [-0.25, -0.2) is 0 Å². The van der Waals surface area contributed by atoms with Gasteiger partial charge in [0.05, 0.1) is 0 Å². The van der Waals surface area contributed by atoms with Crippen LogP contribution >= 0.6 is 0 Å². The van der Waals surface area contributed by atoms with Gasteiger partial charge in [0.2, 0.25) is 0 Å². The average molecular weight is 571 g/mol. The molecule has 4 heavy (non-hydrogen) atoms. The molecular weight excluding hydrogens is 564 g/mol. The molecule has 0 rings (SSSR count). The van der Waals surface area contributed by atoms with E-state index in [2.05, 4.69) is 0 Å². The summed E-state index contributed by atoms with van der Waals surface area (Å²) in [6.07, 6.45) is 0. The zero-order valence-corrected chi connectivity index (χ0v) is 14.2. The Morgan fingerprint density at radius 3 is 1.00 bits per heavy atom. The summed E-state index contributed by atoms with van der Waals surface area (Å²) in [5, 5.41) is 0. The van der Waals surface area contributed by atoms with Crippen molar-refractivity contribution in [2.75, 3.05) is 0 Å². The summed E-state index contributed by atoms with van der Waals surface area (Å²) >= 11 is 0. The molecule has 0 aliphatic rings. The van der Waals surface area contributed by atoms with Crippen LogP contribution in [0.2, 0.25) is 0 Å². The molecule has 0 bridgehead atoms. The summed E-state index contributed by atoms with van der Waals surface area (Å²) in [7, 11) is 0. The molecule has 0 aromatic carbocycles. The van der Waals surface area contributed by atoms with E-state index in [9.17, 15) is 0 Å². The van der Waals surface area contributed by atoms with E-state index < -0.39 is 0 Å². The molecule has 0 aromatic rings. The van der Waals surface area contributed by atoms with Gasteiger partial charge in [0, 0.05) is 22.4 Å². The van der Waals surface area contributed by atoms with Crippen LogP contribution in [0.4, 0.5) is 0 Å². The molecule has 29 valence electrons. The minimum atomic E-state index is 0. The van der Waals surface area contributed by atoms with Crippen molar-refractivity contribution in [3.05, 3.63) is 0 Å². The predicted octanol–water partition coefficient (Wildman–Crippen LogP) is -3.02. The third-order valence-corrected chi connectivity index (χ3v) is 0. The maximum absolute atomic E-state index is 0. The van der Waals surface area contributed by atoms with Crippen molar-refractivity contribution in [2.24, 2.45) is 0 Å². The fourth-order valence-electron chi connectivity index (χ4n) is 0. The molecule has 0 saturated carbocycles. The fraction of sp³-hybridized carbons (Fsp3) is 0. The van der Waals surface area contributed by atoms with E-state index in [0.717, 1.165) is 0 Å². The summed E-state index contributed by atoms with van der Waals surface area (Å²) in [6.45, 7) is 0. The molecule has 0 unspecified atom stereocenters. The Hall–Kier alpha value is 3.81. The molecule has 0 heterocycles. The van der Waals surface area contributed by atoms with Gasteiger partial charge in [0.1, 0.15) is 0 Å². The minimum absolute atomic E-state index is 0. The standard InChI is InChI=1S/Ag.Bi.Ca.Pb.7H. The van der Waals surface area contributed by atoms with Crippen molar-refractivity contribution in [2.45, 2.75) is 0 Å². The first-order chi connectivity index (χ1) is 0. The van der Waals surface area contributed by atoms with Crippen LogP contribution in [0.25, 0.3) is 0 Å². The molecule has 0 N–H and O–H groups in total. The van der Waals surface area contributed by atoms with Gasteiger partial charge in [-0.15, -0.1) is 0 Å². The monoisotopic (exact) mass is 571 g/mol. The van der Waals surface area contributed by atoms with Gasteiger partial charge in [0.25, 0.3) is 0 Å². The quantitative estimate of drug-likeness (QED) is 0.272. The summed E-state index contributed by atoms with van der Waals surface area (Å²) in [5.41, 5.74) is 0. The molecule has 0 saturated heterocycles. The van der Waals surface area contributed by atoms with E-state index in [4.69, 9.17) is 0 Å². The second kappa shape index (κ2) is 15.8. The van der Waals surface area contributed by atoms with Crippen molar-refractivity contribution in [3.63, 3.8) is 0 Å². The summed E-state index contributed by atoms with van der Waals surface area (Å²) in [5.74, 6) is 0. The van der Waals surface area contributed by atoms with E-state index >= 15 is 0 Å². The maximum atomic E-state index is 0. The molecule has 0 aliphatic heterocycles. The van der Waals surface area contributed by atoms with Crippen molar-refractivity contribution < 1.29 is 22.4 Å². The first kappa shape index (κ1) is 25.0. The Labute approximate surface area is 111 Å². The van der Waals surface area contributed by atoms with E-state index in [0.29, 0.717) is 0 Å². The van der Waals surface area contributed by atoms with Crippen LogP contribution in [-0.2, 0) is 22.4 Å². The topological polar surface area (TPSA) is 0 Å². The van der Waals surface area contributed by atoms with E-state index in [-0.39, 0.29) is 114 Å². The predicted molar refractivity (Wildman–Crippen MR) is 27.0 cm³/mol. The Morgan fingerprint density at radius 1 is 1.00 bits per heavy atom. The van der Waals surface area contributed by atoms with E-state index in [1.54, 1.807) is 0 Å². The third-order valence-electron chi connectivity index (χ3n) is 0. The zero-order valence-electron chi connectivity index (χ0n) is 1.72. The van der Waals surface area contributed by atoms with Crippen molar-refractivity contribution >= 4 is 91.2 Å². The molecule has 0 amide bonds. The third kappa shape index (κ3) is 9.26. The Balaban J connectivity index is 0. The van der Waals surface area contributed by atoms with Crippen molar-refractivity contribution in [1.29, 1.82) is 0 Å². The molecule has 0 fully saturated rings. The number of rotatable bonds is 0. The van der Waals surface area contributed by atoms with Crippen LogP contribution in [0.3, 0.4) is 0 Å². The van der Waals surface area contributed by atoms with Crippen molar-refractivity contribution in [3.8, 4) is 0 Å². The van der Waals surface area contributed by atoms with Gasteiger partial charge >= 0.3 is 91.2 Å². The van der Waals surface area contributed by atoms with Crippen LogP contribution in [0.15, 0.2) is 0 Å². The molecule has 4 heteroatoms. The first-order valence-electron chi connectivity index (χ1n) is 0. The Bertz CT molecular complexity index is 8.00. The summed E-state index contributed by atoms with van der Waals surface area (Å²) < 4.78 is 0. The molecule has 0 spiro atoms. The number of hydrogen-bond donors (Lipinski definition) is 0. The van der Waals surface area contributed by atoms with Gasteiger partial charge in [-0.05, 0) is 0 Å². The Kier molecular flexibility index (Phi) is 98.8. The zero-order chi connectivity index (χ0) is 0. The SMILES string of the molecule is [Ag].[BiH3].[CaH2].[PbH2]. The molecule has 0 aliphatic carbocycles. The van der Waals surface area contributed by atoms with Gasteiger partial charge in [-0.3, -0.25) is 0 Å². The van der Waals surface area contributed by atoms with Crippen LogP contribution in [-0.4, -0.2) is 91.2 Å². The average Bonchev–Trinajstić information content (AvgIpc) is 0. The molecule has 0 aromatic heterocycles. The molecule has 0 nitrogen and oxygen atoms in total. The summed E-state index contributed by atoms with van der Waals surface area (Å²) in [6, 6.07) is 0.